The summed E-state index contributed by atoms with van der Waals surface area (Å²) in [4.78, 5) is 12.0. The fourth-order valence-electron chi connectivity index (χ4n) is 1.71. The Hall–Kier alpha value is -1.98. The van der Waals surface area contributed by atoms with E-state index in [1.54, 1.807) is 24.3 Å². The molecule has 0 saturated carbocycles. The molecule has 20 heavy (non-hydrogen) atoms. The first-order valence-electron chi connectivity index (χ1n) is 5.76. The van der Waals surface area contributed by atoms with E-state index in [2.05, 4.69) is 5.32 Å². The van der Waals surface area contributed by atoms with Gasteiger partial charge in [0.1, 0.15) is 11.6 Å². The average Bonchev–Trinajstić information content (AvgIpc) is 2.43. The predicted molar refractivity (Wildman–Crippen MR) is 73.7 cm³/mol. The van der Waals surface area contributed by atoms with Gasteiger partial charge in [-0.3, -0.25) is 4.79 Å². The van der Waals surface area contributed by atoms with E-state index in [0.29, 0.717) is 11.3 Å². The molecule has 0 saturated heterocycles. The number of amides is 1. The first kappa shape index (κ1) is 14.4. The standard InChI is InChI=1S/C14H11ClF2N2O/c15-10-6-11(16)9(5-12(10)17)14(20)19-13-4-2-1-3-8(13)7-18/h1-6H,7,18H2,(H,19,20). The van der Waals surface area contributed by atoms with Crippen molar-refractivity contribution in [3.05, 3.63) is 64.2 Å². The molecule has 0 aromatic heterocycles. The lowest BCUT2D eigenvalue weighted by Crippen LogP contribution is -2.16. The van der Waals surface area contributed by atoms with Crippen LogP contribution in [0.3, 0.4) is 0 Å². The molecule has 0 aliphatic carbocycles. The van der Waals surface area contributed by atoms with E-state index in [1.165, 1.54) is 0 Å². The highest BCUT2D eigenvalue weighted by Gasteiger charge is 2.16. The summed E-state index contributed by atoms with van der Waals surface area (Å²) in [5.41, 5.74) is 6.26. The topological polar surface area (TPSA) is 55.1 Å². The monoisotopic (exact) mass is 296 g/mol. The van der Waals surface area contributed by atoms with Gasteiger partial charge in [-0.1, -0.05) is 29.8 Å². The van der Waals surface area contributed by atoms with E-state index in [4.69, 9.17) is 17.3 Å². The Labute approximate surface area is 119 Å². The van der Waals surface area contributed by atoms with Gasteiger partial charge in [-0.25, -0.2) is 8.78 Å². The maximum atomic E-state index is 13.6. The summed E-state index contributed by atoms with van der Waals surface area (Å²) >= 11 is 5.44. The molecule has 3 N–H and O–H groups in total. The van der Waals surface area contributed by atoms with Gasteiger partial charge >= 0.3 is 0 Å². The van der Waals surface area contributed by atoms with E-state index >= 15 is 0 Å². The van der Waals surface area contributed by atoms with Gasteiger partial charge in [0.15, 0.2) is 0 Å². The van der Waals surface area contributed by atoms with Crippen LogP contribution in [0.25, 0.3) is 0 Å². The van der Waals surface area contributed by atoms with Crippen molar-refractivity contribution in [1.82, 2.24) is 0 Å². The zero-order valence-electron chi connectivity index (χ0n) is 10.3. The van der Waals surface area contributed by atoms with Gasteiger partial charge in [-0.05, 0) is 23.8 Å². The zero-order valence-corrected chi connectivity index (χ0v) is 11.0. The van der Waals surface area contributed by atoms with Crippen molar-refractivity contribution in [2.75, 3.05) is 5.32 Å². The number of nitrogens with two attached hydrogens (primary N) is 1. The third-order valence-corrected chi connectivity index (χ3v) is 3.03. The van der Waals surface area contributed by atoms with Crippen LogP contribution in [0.4, 0.5) is 14.5 Å². The van der Waals surface area contributed by atoms with E-state index in [9.17, 15) is 13.6 Å². The summed E-state index contributed by atoms with van der Waals surface area (Å²) in [6, 6.07) is 8.35. The van der Waals surface area contributed by atoms with Crippen LogP contribution < -0.4 is 11.1 Å². The molecule has 2 aromatic rings. The lowest BCUT2D eigenvalue weighted by molar-refractivity contribution is 0.102. The minimum Gasteiger partial charge on any atom is -0.326 e. The SMILES string of the molecule is NCc1ccccc1NC(=O)c1cc(F)c(Cl)cc1F. The Morgan fingerprint density at radius 1 is 1.20 bits per heavy atom. The fourth-order valence-corrected chi connectivity index (χ4v) is 1.86. The maximum absolute atomic E-state index is 13.6. The first-order chi connectivity index (χ1) is 9.52. The number of benzene rings is 2. The van der Waals surface area contributed by atoms with Gasteiger partial charge in [0.2, 0.25) is 0 Å². The van der Waals surface area contributed by atoms with E-state index < -0.39 is 23.1 Å². The Bertz CT molecular complexity index is 662. The molecule has 2 aromatic carbocycles. The Balaban J connectivity index is 2.31. The van der Waals surface area contributed by atoms with Gasteiger partial charge in [0.05, 0.1) is 10.6 Å². The second-order valence-corrected chi connectivity index (χ2v) is 4.47. The molecule has 0 aliphatic heterocycles. The Kier molecular flexibility index (Phi) is 4.32. The van der Waals surface area contributed by atoms with Crippen molar-refractivity contribution in [3.63, 3.8) is 0 Å². The number of halogens is 3. The second-order valence-electron chi connectivity index (χ2n) is 4.06. The van der Waals surface area contributed by atoms with E-state index in [-0.39, 0.29) is 11.6 Å². The molecule has 0 radical (unpaired) electrons. The molecule has 0 atom stereocenters. The lowest BCUT2D eigenvalue weighted by atomic mass is 10.1. The zero-order chi connectivity index (χ0) is 14.7. The number of para-hydroxylation sites is 1. The van der Waals surface area contributed by atoms with E-state index in [0.717, 1.165) is 12.1 Å². The van der Waals surface area contributed by atoms with Crippen molar-refractivity contribution < 1.29 is 13.6 Å². The summed E-state index contributed by atoms with van der Waals surface area (Å²) in [6.45, 7) is 0.216. The smallest absolute Gasteiger partial charge is 0.258 e. The number of hydrogen-bond acceptors (Lipinski definition) is 2. The van der Waals surface area contributed by atoms with Crippen LogP contribution in [0, 0.1) is 11.6 Å². The molecule has 6 heteroatoms. The van der Waals surface area contributed by atoms with Gasteiger partial charge < -0.3 is 11.1 Å². The molecular formula is C14H11ClF2N2O. The second kappa shape index (κ2) is 5.98. The van der Waals surface area contributed by atoms with Crippen molar-refractivity contribution in [2.24, 2.45) is 5.73 Å². The van der Waals surface area contributed by atoms with Gasteiger partial charge in [0.25, 0.3) is 5.91 Å². The number of rotatable bonds is 3. The molecule has 0 unspecified atom stereocenters. The molecule has 3 nitrogen and oxygen atoms in total. The van der Waals surface area contributed by atoms with Gasteiger partial charge in [-0.15, -0.1) is 0 Å². The third kappa shape index (κ3) is 2.95. The van der Waals surface area contributed by atoms with Gasteiger partial charge in [-0.2, -0.15) is 0 Å². The quantitative estimate of drug-likeness (QED) is 0.854. The first-order valence-corrected chi connectivity index (χ1v) is 6.14. The number of nitrogens with one attached hydrogen (secondary N) is 1. The lowest BCUT2D eigenvalue weighted by Gasteiger charge is -2.10. The molecule has 0 spiro atoms. The number of hydrogen-bond donors (Lipinski definition) is 2. The van der Waals surface area contributed by atoms with Crippen molar-refractivity contribution in [2.45, 2.75) is 6.54 Å². The summed E-state index contributed by atoms with van der Waals surface area (Å²) in [5.74, 6) is -2.51. The minimum absolute atomic E-state index is 0.216. The third-order valence-electron chi connectivity index (χ3n) is 2.74. The van der Waals surface area contributed by atoms with Crippen LogP contribution in [0.15, 0.2) is 36.4 Å². The number of anilines is 1. The number of carbonyl (C=O) groups excluding carboxylic acids is 1. The van der Waals surface area contributed by atoms with Crippen LogP contribution in [0.5, 0.6) is 0 Å². The highest BCUT2D eigenvalue weighted by atomic mass is 35.5. The average molecular weight is 297 g/mol. The number of carbonyl (C=O) groups is 1. The van der Waals surface area contributed by atoms with Crippen LogP contribution in [-0.2, 0) is 6.54 Å². The Morgan fingerprint density at radius 2 is 1.90 bits per heavy atom. The molecular weight excluding hydrogens is 286 g/mol. The molecule has 0 heterocycles. The molecule has 104 valence electrons. The molecule has 0 fully saturated rings. The molecule has 0 aliphatic rings. The molecule has 0 bridgehead atoms. The summed E-state index contributed by atoms with van der Waals surface area (Å²) < 4.78 is 26.9. The van der Waals surface area contributed by atoms with Crippen LogP contribution in [0.1, 0.15) is 15.9 Å². The molecule has 1 amide bonds. The van der Waals surface area contributed by atoms with Crippen LogP contribution >= 0.6 is 11.6 Å². The largest absolute Gasteiger partial charge is 0.326 e. The van der Waals surface area contributed by atoms with Crippen molar-refractivity contribution in [1.29, 1.82) is 0 Å². The van der Waals surface area contributed by atoms with Gasteiger partial charge in [0, 0.05) is 12.2 Å². The molecule has 2 rings (SSSR count). The maximum Gasteiger partial charge on any atom is 0.258 e. The van der Waals surface area contributed by atoms with Crippen molar-refractivity contribution in [3.8, 4) is 0 Å². The van der Waals surface area contributed by atoms with Crippen LogP contribution in [0.2, 0.25) is 5.02 Å². The van der Waals surface area contributed by atoms with E-state index in [1.807, 2.05) is 0 Å². The van der Waals surface area contributed by atoms with Crippen molar-refractivity contribution >= 4 is 23.2 Å². The predicted octanol–water partition coefficient (Wildman–Crippen LogP) is 3.33. The normalized spacial score (nSPS) is 10.4. The summed E-state index contributed by atoms with van der Waals surface area (Å²) in [6.07, 6.45) is 0. The minimum atomic E-state index is -0.890. The van der Waals surface area contributed by atoms with Crippen LogP contribution in [-0.4, -0.2) is 5.91 Å². The summed E-state index contributed by atoms with van der Waals surface area (Å²) in [5, 5.41) is 2.12. The summed E-state index contributed by atoms with van der Waals surface area (Å²) in [7, 11) is 0. The Morgan fingerprint density at radius 3 is 2.60 bits per heavy atom. The highest BCUT2D eigenvalue weighted by molar-refractivity contribution is 6.30. The fraction of sp³-hybridized carbons (Fsp3) is 0.0714. The highest BCUT2D eigenvalue weighted by Crippen LogP contribution is 2.21.